The number of anilines is 2. The number of para-hydroxylation sites is 2. The molecule has 3 rings (SSSR count). The van der Waals surface area contributed by atoms with E-state index in [2.05, 4.69) is 52.7 Å². The zero-order valence-electron chi connectivity index (χ0n) is 7.20. The predicted molar refractivity (Wildman–Crippen MR) is 54.6 cm³/mol. The Kier molecular flexibility index (Phi) is 1.25. The van der Waals surface area contributed by atoms with Gasteiger partial charge in [0.2, 0.25) is 0 Å². The summed E-state index contributed by atoms with van der Waals surface area (Å²) < 4.78 is 0. The Morgan fingerprint density at radius 1 is 1.23 bits per heavy atom. The molecule has 2 aliphatic heterocycles. The Labute approximate surface area is 77.2 Å². The van der Waals surface area contributed by atoms with E-state index in [0.29, 0.717) is 0 Å². The molecule has 1 aromatic carbocycles. The van der Waals surface area contributed by atoms with Gasteiger partial charge in [0.15, 0.2) is 0 Å². The van der Waals surface area contributed by atoms with E-state index in [9.17, 15) is 0 Å². The van der Waals surface area contributed by atoms with Crippen LogP contribution in [-0.4, -0.2) is 6.54 Å². The third kappa shape index (κ3) is 0.886. The van der Waals surface area contributed by atoms with Crippen molar-refractivity contribution in [3.63, 3.8) is 0 Å². The number of hydrogen-bond acceptors (Lipinski definition) is 2. The summed E-state index contributed by atoms with van der Waals surface area (Å²) in [5.74, 6) is 1.18. The summed E-state index contributed by atoms with van der Waals surface area (Å²) in [7, 11) is 0. The maximum atomic E-state index is 3.37. The molecule has 0 aliphatic carbocycles. The molecular weight excluding hydrogens is 160 g/mol. The van der Waals surface area contributed by atoms with Crippen LogP contribution in [0.4, 0.5) is 11.4 Å². The zero-order valence-corrected chi connectivity index (χ0v) is 7.20. The van der Waals surface area contributed by atoms with E-state index in [-0.39, 0.29) is 0 Å². The first kappa shape index (κ1) is 6.78. The molecule has 64 valence electrons. The number of nitrogens with zero attached hydrogens (tertiary/aromatic N) is 1. The van der Waals surface area contributed by atoms with Crippen molar-refractivity contribution in [1.29, 1.82) is 0 Å². The molecule has 13 heavy (non-hydrogen) atoms. The Balaban J connectivity index is 2.14. The summed E-state index contributed by atoms with van der Waals surface area (Å²) in [6.07, 6.45) is 6.35. The van der Waals surface area contributed by atoms with Crippen LogP contribution in [0.1, 0.15) is 0 Å². The van der Waals surface area contributed by atoms with Gasteiger partial charge in [-0.25, -0.2) is 0 Å². The molecule has 2 heteroatoms. The molecule has 0 fully saturated rings. The monoisotopic (exact) mass is 170 g/mol. The SMILES string of the molecule is C1=CCN2C(=C1)Nc1ccccc12. The van der Waals surface area contributed by atoms with Gasteiger partial charge in [-0.2, -0.15) is 0 Å². The number of fused-ring (bicyclic) bond motifs is 3. The second-order valence-electron chi connectivity index (χ2n) is 3.23. The molecule has 0 atom stereocenters. The topological polar surface area (TPSA) is 15.3 Å². The van der Waals surface area contributed by atoms with E-state index in [1.807, 2.05) is 0 Å². The second-order valence-corrected chi connectivity index (χ2v) is 3.23. The lowest BCUT2D eigenvalue weighted by atomic mass is 10.2. The normalized spacial score (nSPS) is 17.5. The number of hydrogen-bond donors (Lipinski definition) is 1. The standard InChI is InChI=1S/C11H10N2/c1-2-6-10-9(5-1)12-11-7-3-4-8-13(10)11/h1-7,12H,8H2. The minimum absolute atomic E-state index is 0.968. The van der Waals surface area contributed by atoms with Gasteiger partial charge in [0.25, 0.3) is 0 Å². The van der Waals surface area contributed by atoms with Crippen LogP contribution in [0.5, 0.6) is 0 Å². The smallest absolute Gasteiger partial charge is 0.111 e. The molecule has 1 aromatic rings. The lowest BCUT2D eigenvalue weighted by Gasteiger charge is -2.19. The average Bonchev–Trinajstić information content (AvgIpc) is 2.56. The molecule has 0 radical (unpaired) electrons. The molecule has 0 spiro atoms. The lowest BCUT2D eigenvalue weighted by molar-refractivity contribution is 1.04. The van der Waals surface area contributed by atoms with E-state index in [1.54, 1.807) is 0 Å². The number of benzene rings is 1. The van der Waals surface area contributed by atoms with Gasteiger partial charge in [-0.15, -0.1) is 0 Å². The Bertz CT molecular complexity index is 404. The van der Waals surface area contributed by atoms with Crippen molar-refractivity contribution >= 4 is 11.4 Å². The molecule has 2 aliphatic rings. The summed E-state index contributed by atoms with van der Waals surface area (Å²) >= 11 is 0. The van der Waals surface area contributed by atoms with Crippen molar-refractivity contribution in [1.82, 2.24) is 0 Å². The van der Waals surface area contributed by atoms with Gasteiger partial charge >= 0.3 is 0 Å². The van der Waals surface area contributed by atoms with E-state index in [1.165, 1.54) is 17.2 Å². The third-order valence-electron chi connectivity index (χ3n) is 2.43. The molecular formula is C11H10N2. The highest BCUT2D eigenvalue weighted by atomic mass is 15.3. The summed E-state index contributed by atoms with van der Waals surface area (Å²) in [6.45, 7) is 0.968. The van der Waals surface area contributed by atoms with Crippen molar-refractivity contribution in [2.75, 3.05) is 16.8 Å². The van der Waals surface area contributed by atoms with Crippen molar-refractivity contribution < 1.29 is 0 Å². The molecule has 0 unspecified atom stereocenters. The van der Waals surface area contributed by atoms with Gasteiger partial charge in [0.1, 0.15) is 5.82 Å². The van der Waals surface area contributed by atoms with Gasteiger partial charge in [0, 0.05) is 6.54 Å². The van der Waals surface area contributed by atoms with Crippen LogP contribution >= 0.6 is 0 Å². The van der Waals surface area contributed by atoms with Crippen LogP contribution in [0, 0.1) is 0 Å². The van der Waals surface area contributed by atoms with Crippen LogP contribution in [-0.2, 0) is 0 Å². The second kappa shape index (κ2) is 2.39. The Morgan fingerprint density at radius 2 is 2.15 bits per heavy atom. The van der Waals surface area contributed by atoms with Crippen LogP contribution < -0.4 is 10.2 Å². The minimum Gasteiger partial charge on any atom is -0.340 e. The average molecular weight is 170 g/mol. The fraction of sp³-hybridized carbons (Fsp3) is 0.0909. The van der Waals surface area contributed by atoms with E-state index in [0.717, 1.165) is 6.54 Å². The van der Waals surface area contributed by atoms with Gasteiger partial charge < -0.3 is 10.2 Å². The highest BCUT2D eigenvalue weighted by Crippen LogP contribution is 2.36. The van der Waals surface area contributed by atoms with Crippen LogP contribution in [0.25, 0.3) is 0 Å². The molecule has 0 saturated carbocycles. The van der Waals surface area contributed by atoms with Crippen LogP contribution in [0.3, 0.4) is 0 Å². The predicted octanol–water partition coefficient (Wildman–Crippen LogP) is 2.33. The number of rotatable bonds is 0. The molecule has 0 bridgehead atoms. The summed E-state index contributed by atoms with van der Waals surface area (Å²) in [5, 5.41) is 3.37. The van der Waals surface area contributed by atoms with Crippen molar-refractivity contribution in [3.05, 3.63) is 48.3 Å². The first-order valence-corrected chi connectivity index (χ1v) is 4.45. The third-order valence-corrected chi connectivity index (χ3v) is 2.43. The quantitative estimate of drug-likeness (QED) is 0.642. The van der Waals surface area contributed by atoms with E-state index >= 15 is 0 Å². The highest BCUT2D eigenvalue weighted by Gasteiger charge is 2.22. The molecule has 0 amide bonds. The Morgan fingerprint density at radius 3 is 3.15 bits per heavy atom. The maximum Gasteiger partial charge on any atom is 0.111 e. The minimum atomic E-state index is 0.968. The van der Waals surface area contributed by atoms with Crippen LogP contribution in [0.15, 0.2) is 48.3 Å². The molecule has 2 heterocycles. The first-order chi connectivity index (χ1) is 6.45. The van der Waals surface area contributed by atoms with Gasteiger partial charge in [-0.05, 0) is 18.2 Å². The highest BCUT2D eigenvalue weighted by molar-refractivity contribution is 5.81. The summed E-state index contributed by atoms with van der Waals surface area (Å²) in [4.78, 5) is 2.27. The van der Waals surface area contributed by atoms with Crippen molar-refractivity contribution in [2.45, 2.75) is 0 Å². The largest absolute Gasteiger partial charge is 0.340 e. The zero-order chi connectivity index (χ0) is 8.67. The lowest BCUT2D eigenvalue weighted by Crippen LogP contribution is -2.22. The van der Waals surface area contributed by atoms with Gasteiger partial charge in [0.05, 0.1) is 11.4 Å². The molecule has 2 nitrogen and oxygen atoms in total. The van der Waals surface area contributed by atoms with E-state index < -0.39 is 0 Å². The molecule has 0 aromatic heterocycles. The van der Waals surface area contributed by atoms with Gasteiger partial charge in [-0.1, -0.05) is 24.3 Å². The first-order valence-electron chi connectivity index (χ1n) is 4.45. The number of allylic oxidation sites excluding steroid dienone is 2. The molecule has 1 N–H and O–H groups in total. The fourth-order valence-corrected chi connectivity index (χ4v) is 1.80. The van der Waals surface area contributed by atoms with Crippen LogP contribution in [0.2, 0.25) is 0 Å². The van der Waals surface area contributed by atoms with Crippen molar-refractivity contribution in [3.8, 4) is 0 Å². The number of nitrogens with one attached hydrogen (secondary N) is 1. The fourth-order valence-electron chi connectivity index (χ4n) is 1.80. The maximum absolute atomic E-state index is 3.37. The summed E-state index contributed by atoms with van der Waals surface area (Å²) in [5.41, 5.74) is 2.48. The Hall–Kier alpha value is -1.70. The van der Waals surface area contributed by atoms with Crippen molar-refractivity contribution in [2.24, 2.45) is 0 Å². The van der Waals surface area contributed by atoms with Gasteiger partial charge in [-0.3, -0.25) is 0 Å². The molecule has 0 saturated heterocycles. The summed E-state index contributed by atoms with van der Waals surface area (Å²) in [6, 6.07) is 8.37. The van der Waals surface area contributed by atoms with E-state index in [4.69, 9.17) is 0 Å².